The maximum atomic E-state index is 11.9. The van der Waals surface area contributed by atoms with E-state index >= 15 is 0 Å². The summed E-state index contributed by atoms with van der Waals surface area (Å²) in [5.41, 5.74) is 0. The van der Waals surface area contributed by atoms with E-state index in [0.717, 1.165) is 32.3 Å². The van der Waals surface area contributed by atoms with E-state index in [4.69, 9.17) is 4.74 Å². The molecule has 1 atom stereocenters. The number of ether oxygens (including phenoxy) is 1. The van der Waals surface area contributed by atoms with Crippen molar-refractivity contribution >= 4 is 21.8 Å². The molecule has 0 radical (unpaired) electrons. The van der Waals surface area contributed by atoms with Gasteiger partial charge in [-0.1, -0.05) is 15.9 Å². The van der Waals surface area contributed by atoms with Gasteiger partial charge in [0.1, 0.15) is 0 Å². The van der Waals surface area contributed by atoms with Crippen LogP contribution in [0.1, 0.15) is 57.8 Å². The van der Waals surface area contributed by atoms with Crippen LogP contribution in [0.25, 0.3) is 0 Å². The van der Waals surface area contributed by atoms with Crippen LogP contribution in [0.3, 0.4) is 0 Å². The summed E-state index contributed by atoms with van der Waals surface area (Å²) in [6.07, 6.45) is 9.97. The predicted octanol–water partition coefficient (Wildman–Crippen LogP) is 3.16. The molecule has 1 amide bonds. The van der Waals surface area contributed by atoms with E-state index < -0.39 is 0 Å². The minimum absolute atomic E-state index is 0.210. The lowest BCUT2D eigenvalue weighted by molar-refractivity contribution is -0.123. The molecule has 0 aromatic carbocycles. The summed E-state index contributed by atoms with van der Waals surface area (Å²) in [6, 6.07) is 0.401. The summed E-state index contributed by atoms with van der Waals surface area (Å²) in [7, 11) is 0. The highest BCUT2D eigenvalue weighted by Gasteiger charge is 2.21. The Morgan fingerprint density at radius 3 is 2.61 bits per heavy atom. The highest BCUT2D eigenvalue weighted by molar-refractivity contribution is 9.09. The van der Waals surface area contributed by atoms with Crippen LogP contribution in [-0.2, 0) is 9.53 Å². The fourth-order valence-electron chi connectivity index (χ4n) is 2.82. The van der Waals surface area contributed by atoms with Crippen LogP contribution in [0, 0.1) is 0 Å². The number of carbonyl (C=O) groups is 1. The number of amides is 1. The second kappa shape index (κ2) is 7.49. The molecule has 1 aliphatic heterocycles. The van der Waals surface area contributed by atoms with Crippen molar-refractivity contribution in [3.8, 4) is 0 Å². The summed E-state index contributed by atoms with van der Waals surface area (Å²) >= 11 is 3.64. The molecule has 2 fully saturated rings. The van der Waals surface area contributed by atoms with Gasteiger partial charge < -0.3 is 10.1 Å². The first-order valence-electron chi connectivity index (χ1n) is 7.29. The Bertz CT molecular complexity index is 259. The van der Waals surface area contributed by atoms with Crippen molar-refractivity contribution in [1.82, 2.24) is 5.32 Å². The van der Waals surface area contributed by atoms with E-state index in [1.54, 1.807) is 0 Å². The fourth-order valence-corrected chi connectivity index (χ4v) is 3.35. The van der Waals surface area contributed by atoms with Crippen molar-refractivity contribution in [2.75, 3.05) is 6.61 Å². The molecule has 1 N–H and O–H groups in total. The van der Waals surface area contributed by atoms with Gasteiger partial charge in [-0.2, -0.15) is 0 Å². The molecule has 1 saturated heterocycles. The molecule has 4 heteroatoms. The Morgan fingerprint density at radius 2 is 1.94 bits per heavy atom. The number of carbonyl (C=O) groups excluding carboxylic acids is 1. The van der Waals surface area contributed by atoms with Gasteiger partial charge in [-0.25, -0.2) is 0 Å². The fraction of sp³-hybridized carbons (Fsp3) is 0.929. The molecule has 1 saturated carbocycles. The van der Waals surface area contributed by atoms with Crippen LogP contribution in [0.15, 0.2) is 0 Å². The Morgan fingerprint density at radius 1 is 1.17 bits per heavy atom. The van der Waals surface area contributed by atoms with Crippen LogP contribution >= 0.6 is 15.9 Å². The Hall–Kier alpha value is -0.0900. The number of halogens is 1. The van der Waals surface area contributed by atoms with Gasteiger partial charge in [-0.3, -0.25) is 4.79 Å². The van der Waals surface area contributed by atoms with Crippen molar-refractivity contribution < 1.29 is 9.53 Å². The second-order valence-electron chi connectivity index (χ2n) is 5.54. The van der Waals surface area contributed by atoms with Gasteiger partial charge in [0.15, 0.2) is 0 Å². The van der Waals surface area contributed by atoms with Crippen molar-refractivity contribution in [2.24, 2.45) is 0 Å². The lowest BCUT2D eigenvalue weighted by atomic mass is 9.95. The van der Waals surface area contributed by atoms with Gasteiger partial charge in [0.25, 0.3) is 0 Å². The lowest BCUT2D eigenvalue weighted by Crippen LogP contribution is -2.38. The topological polar surface area (TPSA) is 38.3 Å². The molecule has 0 bridgehead atoms. The summed E-state index contributed by atoms with van der Waals surface area (Å²) in [6.45, 7) is 0.877. The van der Waals surface area contributed by atoms with Gasteiger partial charge in [-0.05, 0) is 51.4 Å². The van der Waals surface area contributed by atoms with Gasteiger partial charge >= 0.3 is 0 Å². The van der Waals surface area contributed by atoms with E-state index in [2.05, 4.69) is 21.2 Å². The monoisotopic (exact) mass is 317 g/mol. The normalized spacial score (nSPS) is 33.1. The molecule has 1 unspecified atom stereocenters. The third-order valence-electron chi connectivity index (χ3n) is 3.99. The Labute approximate surface area is 118 Å². The first kappa shape index (κ1) is 14.3. The van der Waals surface area contributed by atoms with Crippen LogP contribution in [0.5, 0.6) is 0 Å². The molecule has 2 aliphatic rings. The molecule has 0 spiro atoms. The van der Waals surface area contributed by atoms with Crippen LogP contribution in [0.4, 0.5) is 0 Å². The zero-order valence-corrected chi connectivity index (χ0v) is 12.6. The summed E-state index contributed by atoms with van der Waals surface area (Å²) < 4.78 is 5.65. The van der Waals surface area contributed by atoms with Crippen molar-refractivity contribution in [1.29, 1.82) is 0 Å². The Balaban J connectivity index is 1.59. The number of nitrogens with one attached hydrogen (secondary N) is 1. The first-order chi connectivity index (χ1) is 8.74. The number of hydrogen-bond donors (Lipinski definition) is 1. The van der Waals surface area contributed by atoms with Gasteiger partial charge in [-0.15, -0.1) is 0 Å². The largest absolute Gasteiger partial charge is 0.378 e. The maximum absolute atomic E-state index is 11.9. The molecule has 0 aromatic heterocycles. The minimum atomic E-state index is 0.210. The van der Waals surface area contributed by atoms with E-state index in [9.17, 15) is 4.79 Å². The van der Waals surface area contributed by atoms with Crippen LogP contribution < -0.4 is 5.32 Å². The lowest BCUT2D eigenvalue weighted by Gasteiger charge is -2.26. The molecule has 0 aromatic rings. The van der Waals surface area contributed by atoms with Gasteiger partial charge in [0.05, 0.1) is 6.10 Å². The van der Waals surface area contributed by atoms with Crippen LogP contribution in [-0.4, -0.2) is 29.5 Å². The minimum Gasteiger partial charge on any atom is -0.378 e. The standard InChI is InChI=1S/C14H24BrNO2/c15-11-4-6-12(7-5-11)16-14(17)9-8-13-3-1-2-10-18-13/h11-13H,1-10H2,(H,16,17). The summed E-state index contributed by atoms with van der Waals surface area (Å²) in [4.78, 5) is 12.5. The third-order valence-corrected chi connectivity index (χ3v) is 4.90. The van der Waals surface area contributed by atoms with E-state index in [1.807, 2.05) is 0 Å². The predicted molar refractivity (Wildman–Crippen MR) is 75.9 cm³/mol. The first-order valence-corrected chi connectivity index (χ1v) is 8.20. The zero-order chi connectivity index (χ0) is 12.8. The third kappa shape index (κ3) is 4.88. The molecule has 2 rings (SSSR count). The Kier molecular flexibility index (Phi) is 5.96. The number of rotatable bonds is 4. The molecular weight excluding hydrogens is 294 g/mol. The highest BCUT2D eigenvalue weighted by atomic mass is 79.9. The smallest absolute Gasteiger partial charge is 0.220 e. The molecule has 1 aliphatic carbocycles. The zero-order valence-electron chi connectivity index (χ0n) is 11.0. The van der Waals surface area contributed by atoms with E-state index in [1.165, 1.54) is 25.7 Å². The van der Waals surface area contributed by atoms with Gasteiger partial charge in [0.2, 0.25) is 5.91 Å². The van der Waals surface area contributed by atoms with E-state index in [0.29, 0.717) is 23.4 Å². The molecular formula is C14H24BrNO2. The number of alkyl halides is 1. The van der Waals surface area contributed by atoms with Crippen LogP contribution in [0.2, 0.25) is 0 Å². The number of hydrogen-bond acceptors (Lipinski definition) is 2. The molecule has 1 heterocycles. The maximum Gasteiger partial charge on any atom is 0.220 e. The highest BCUT2D eigenvalue weighted by Crippen LogP contribution is 2.24. The van der Waals surface area contributed by atoms with Crippen molar-refractivity contribution in [3.63, 3.8) is 0 Å². The van der Waals surface area contributed by atoms with Crippen molar-refractivity contribution in [2.45, 2.75) is 74.8 Å². The van der Waals surface area contributed by atoms with Crippen molar-refractivity contribution in [3.05, 3.63) is 0 Å². The molecule has 18 heavy (non-hydrogen) atoms. The molecule has 104 valence electrons. The second-order valence-corrected chi connectivity index (χ2v) is 6.84. The average Bonchev–Trinajstić information content (AvgIpc) is 2.40. The summed E-state index contributed by atoms with van der Waals surface area (Å²) in [5.74, 6) is 0.210. The SMILES string of the molecule is O=C(CCC1CCCCO1)NC1CCC(Br)CC1. The summed E-state index contributed by atoms with van der Waals surface area (Å²) in [5, 5.41) is 3.16. The quantitative estimate of drug-likeness (QED) is 0.809. The van der Waals surface area contributed by atoms with Gasteiger partial charge in [0, 0.05) is 23.9 Å². The van der Waals surface area contributed by atoms with E-state index in [-0.39, 0.29) is 5.91 Å². The molecule has 3 nitrogen and oxygen atoms in total. The average molecular weight is 318 g/mol.